The van der Waals surface area contributed by atoms with Gasteiger partial charge in [-0.05, 0) is 55.0 Å². The molecule has 31 heavy (non-hydrogen) atoms. The number of halogens is 6. The van der Waals surface area contributed by atoms with Crippen LogP contribution in [0.15, 0.2) is 65.8 Å². The van der Waals surface area contributed by atoms with E-state index in [-0.39, 0.29) is 17.9 Å². The van der Waals surface area contributed by atoms with Gasteiger partial charge in [0.1, 0.15) is 5.75 Å². The molecule has 0 saturated carbocycles. The van der Waals surface area contributed by atoms with E-state index in [4.69, 9.17) is 11.6 Å². The number of hydrogen-bond acceptors (Lipinski definition) is 3. The number of urea groups is 1. The van der Waals surface area contributed by atoms with Crippen molar-refractivity contribution in [1.82, 2.24) is 5.01 Å². The Kier molecular flexibility index (Phi) is 6.21. The lowest BCUT2D eigenvalue weighted by atomic mass is 9.82. The zero-order valence-electron chi connectivity index (χ0n) is 15.9. The van der Waals surface area contributed by atoms with Crippen molar-refractivity contribution in [3.05, 3.63) is 71.3 Å². The van der Waals surface area contributed by atoms with Crippen LogP contribution in [0.3, 0.4) is 0 Å². The minimum atomic E-state index is -4.84. The van der Waals surface area contributed by atoms with Crippen molar-refractivity contribution in [1.29, 1.82) is 0 Å². The fourth-order valence-corrected chi connectivity index (χ4v) is 3.18. The molecule has 1 aliphatic heterocycles. The van der Waals surface area contributed by atoms with Crippen LogP contribution in [-0.2, 0) is 0 Å². The van der Waals surface area contributed by atoms with Gasteiger partial charge in [0.25, 0.3) is 6.08 Å². The number of alkyl halides is 3. The standard InChI is InChI=1S/C20H15ClF5N3O2/c1-19(10-16(22)23)11-29(28-17(19)12-2-4-13(21)5-3-12)18(30)27-14-6-8-15(9-7-14)31-20(24,25)26/h2-10H,11H2,1H3,(H,27,30). The molecule has 1 unspecified atom stereocenters. The van der Waals surface area contributed by atoms with Gasteiger partial charge in [-0.1, -0.05) is 23.7 Å². The number of amides is 2. The Morgan fingerprint density at radius 2 is 1.77 bits per heavy atom. The molecule has 0 aromatic heterocycles. The van der Waals surface area contributed by atoms with Crippen LogP contribution in [0.25, 0.3) is 0 Å². The molecule has 0 radical (unpaired) electrons. The first kappa shape index (κ1) is 22.5. The van der Waals surface area contributed by atoms with Crippen molar-refractivity contribution < 1.29 is 31.5 Å². The van der Waals surface area contributed by atoms with Crippen molar-refractivity contribution in [2.45, 2.75) is 13.3 Å². The maximum atomic E-state index is 13.1. The van der Waals surface area contributed by atoms with Gasteiger partial charge < -0.3 is 10.1 Å². The molecule has 1 aliphatic rings. The maximum Gasteiger partial charge on any atom is 0.573 e. The minimum absolute atomic E-state index is 0.170. The molecule has 0 fully saturated rings. The fourth-order valence-electron chi connectivity index (χ4n) is 3.05. The number of nitrogens with one attached hydrogen (secondary N) is 1. The highest BCUT2D eigenvalue weighted by Crippen LogP contribution is 2.35. The van der Waals surface area contributed by atoms with E-state index >= 15 is 0 Å². The van der Waals surface area contributed by atoms with E-state index in [9.17, 15) is 26.7 Å². The SMILES string of the molecule is CC1(C=C(F)F)CN(C(=O)Nc2ccc(OC(F)(F)F)cc2)N=C1c1ccc(Cl)cc1. The first-order chi connectivity index (χ1) is 14.4. The number of carbonyl (C=O) groups is 1. The van der Waals surface area contributed by atoms with Crippen LogP contribution in [-0.4, -0.2) is 29.7 Å². The summed E-state index contributed by atoms with van der Waals surface area (Å²) in [6.45, 7) is 1.33. The van der Waals surface area contributed by atoms with E-state index < -0.39 is 29.6 Å². The van der Waals surface area contributed by atoms with Crippen molar-refractivity contribution in [2.75, 3.05) is 11.9 Å². The second-order valence-electron chi connectivity index (χ2n) is 6.87. The molecule has 0 saturated heterocycles. The third kappa shape index (κ3) is 5.72. The highest BCUT2D eigenvalue weighted by Gasteiger charge is 2.41. The minimum Gasteiger partial charge on any atom is -0.406 e. The van der Waals surface area contributed by atoms with Crippen LogP contribution in [0.2, 0.25) is 5.02 Å². The Morgan fingerprint density at radius 3 is 2.32 bits per heavy atom. The predicted molar refractivity (Wildman–Crippen MR) is 105 cm³/mol. The largest absolute Gasteiger partial charge is 0.573 e. The van der Waals surface area contributed by atoms with Gasteiger partial charge in [0.2, 0.25) is 0 Å². The molecule has 5 nitrogen and oxygen atoms in total. The second-order valence-corrected chi connectivity index (χ2v) is 7.30. The highest BCUT2D eigenvalue weighted by molar-refractivity contribution is 6.30. The molecule has 1 heterocycles. The van der Waals surface area contributed by atoms with Gasteiger partial charge in [-0.3, -0.25) is 0 Å². The van der Waals surface area contributed by atoms with Gasteiger partial charge in [-0.15, -0.1) is 13.2 Å². The number of ether oxygens (including phenoxy) is 1. The molecule has 164 valence electrons. The summed E-state index contributed by atoms with van der Waals surface area (Å²) in [5.74, 6) is -0.453. The summed E-state index contributed by atoms with van der Waals surface area (Å²) in [5.41, 5.74) is -0.355. The average molecular weight is 460 g/mol. The van der Waals surface area contributed by atoms with E-state index in [0.29, 0.717) is 10.6 Å². The number of benzene rings is 2. The van der Waals surface area contributed by atoms with E-state index in [1.54, 1.807) is 24.3 Å². The van der Waals surface area contributed by atoms with Gasteiger partial charge in [0.05, 0.1) is 17.7 Å². The van der Waals surface area contributed by atoms with E-state index in [1.165, 1.54) is 19.1 Å². The number of carbonyl (C=O) groups excluding carboxylic acids is 1. The molecule has 3 rings (SSSR count). The molecule has 1 N–H and O–H groups in total. The second kappa shape index (κ2) is 8.54. The van der Waals surface area contributed by atoms with Gasteiger partial charge in [0, 0.05) is 10.7 Å². The van der Waals surface area contributed by atoms with Gasteiger partial charge in [-0.25, -0.2) is 9.80 Å². The summed E-state index contributed by atoms with van der Waals surface area (Å²) < 4.78 is 66.7. The number of nitrogens with zero attached hydrogens (tertiary/aromatic N) is 2. The number of hydrazone groups is 1. The summed E-state index contributed by atoms with van der Waals surface area (Å²) in [4.78, 5) is 12.6. The van der Waals surface area contributed by atoms with Crippen LogP contribution < -0.4 is 10.1 Å². The first-order valence-corrected chi connectivity index (χ1v) is 9.16. The summed E-state index contributed by atoms with van der Waals surface area (Å²) in [5, 5.41) is 8.08. The molecule has 0 bridgehead atoms. The van der Waals surface area contributed by atoms with Gasteiger partial charge in [0.15, 0.2) is 0 Å². The smallest absolute Gasteiger partial charge is 0.406 e. The van der Waals surface area contributed by atoms with Crippen LogP contribution in [0.1, 0.15) is 12.5 Å². The van der Waals surface area contributed by atoms with Gasteiger partial charge >= 0.3 is 12.4 Å². The van der Waals surface area contributed by atoms with Crippen molar-refractivity contribution in [3.8, 4) is 5.75 Å². The topological polar surface area (TPSA) is 53.9 Å². The predicted octanol–water partition coefficient (Wildman–Crippen LogP) is 6.28. The molecular formula is C20H15ClF5N3O2. The maximum absolute atomic E-state index is 13.1. The Balaban J connectivity index is 1.81. The fraction of sp³-hybridized carbons (Fsp3) is 0.200. The molecular weight excluding hydrogens is 445 g/mol. The molecule has 11 heteroatoms. The molecule has 2 aromatic rings. The zero-order valence-corrected chi connectivity index (χ0v) is 16.6. The van der Waals surface area contributed by atoms with E-state index in [1.807, 2.05) is 0 Å². The lowest BCUT2D eigenvalue weighted by molar-refractivity contribution is -0.274. The molecule has 0 spiro atoms. The first-order valence-electron chi connectivity index (χ1n) is 8.78. The average Bonchev–Trinajstić information content (AvgIpc) is 2.99. The Bertz CT molecular complexity index is 1020. The van der Waals surface area contributed by atoms with Crippen molar-refractivity contribution in [2.24, 2.45) is 10.5 Å². The van der Waals surface area contributed by atoms with Crippen molar-refractivity contribution in [3.63, 3.8) is 0 Å². The number of anilines is 1. The lowest BCUT2D eigenvalue weighted by Crippen LogP contribution is -2.34. The van der Waals surface area contributed by atoms with Crippen LogP contribution in [0.4, 0.5) is 32.4 Å². The molecule has 2 aromatic carbocycles. The van der Waals surface area contributed by atoms with Crippen LogP contribution in [0, 0.1) is 5.41 Å². The summed E-state index contributed by atoms with van der Waals surface area (Å²) in [6.07, 6.45) is -6.04. The summed E-state index contributed by atoms with van der Waals surface area (Å²) in [7, 11) is 0. The molecule has 0 aliphatic carbocycles. The Hall–Kier alpha value is -3.14. The van der Waals surface area contributed by atoms with E-state index in [2.05, 4.69) is 15.2 Å². The van der Waals surface area contributed by atoms with Gasteiger partial charge in [-0.2, -0.15) is 13.9 Å². The lowest BCUT2D eigenvalue weighted by Gasteiger charge is -2.22. The molecule has 2 amide bonds. The number of hydrogen-bond donors (Lipinski definition) is 1. The zero-order chi connectivity index (χ0) is 22.8. The van der Waals surface area contributed by atoms with Crippen molar-refractivity contribution >= 4 is 29.0 Å². The summed E-state index contributed by atoms with van der Waals surface area (Å²) in [6, 6.07) is 10.1. The summed E-state index contributed by atoms with van der Waals surface area (Å²) >= 11 is 5.87. The third-order valence-corrected chi connectivity index (χ3v) is 4.61. The number of rotatable bonds is 4. The quantitative estimate of drug-likeness (QED) is 0.547. The van der Waals surface area contributed by atoms with Crippen LogP contribution in [0.5, 0.6) is 5.75 Å². The van der Waals surface area contributed by atoms with E-state index in [0.717, 1.165) is 23.2 Å². The molecule has 1 atom stereocenters. The third-order valence-electron chi connectivity index (χ3n) is 4.36. The normalized spacial score (nSPS) is 18.4. The Morgan fingerprint density at radius 1 is 1.16 bits per heavy atom. The van der Waals surface area contributed by atoms with Crippen LogP contribution >= 0.6 is 11.6 Å². The monoisotopic (exact) mass is 459 g/mol. The Labute approximate surface area is 178 Å². The highest BCUT2D eigenvalue weighted by atomic mass is 35.5.